The first kappa shape index (κ1) is 80.9. The summed E-state index contributed by atoms with van der Waals surface area (Å²) in [6, 6.07) is 0. The molecule has 526 valence electrons. The van der Waals surface area contributed by atoms with Gasteiger partial charge in [0.15, 0.2) is 5.78 Å². The van der Waals surface area contributed by atoms with Crippen LogP contribution in [0.15, 0.2) is 12.2 Å². The van der Waals surface area contributed by atoms with E-state index in [1.165, 1.54) is 238 Å². The Kier molecular flexibility index (Phi) is 45.7. The van der Waals surface area contributed by atoms with Gasteiger partial charge in [0, 0.05) is 32.1 Å². The second-order valence-corrected chi connectivity index (χ2v) is 31.2. The van der Waals surface area contributed by atoms with E-state index in [0.717, 1.165) is 116 Å². The van der Waals surface area contributed by atoms with Crippen molar-refractivity contribution >= 4 is 17.3 Å². The summed E-state index contributed by atoms with van der Waals surface area (Å²) in [6.07, 6.45) is 73.4. The Morgan fingerprint density at radius 2 is 0.700 bits per heavy atom. The van der Waals surface area contributed by atoms with Crippen LogP contribution in [0.2, 0.25) is 0 Å². The molecular formula is C81H148O9. The van der Waals surface area contributed by atoms with Gasteiger partial charge in [0.25, 0.3) is 0 Å². The van der Waals surface area contributed by atoms with Gasteiger partial charge in [0.1, 0.15) is 17.7 Å². The van der Waals surface area contributed by atoms with Crippen LogP contribution >= 0.6 is 0 Å². The van der Waals surface area contributed by atoms with E-state index in [-0.39, 0.29) is 31.8 Å². The van der Waals surface area contributed by atoms with Crippen LogP contribution in [-0.4, -0.2) is 88.6 Å². The van der Waals surface area contributed by atoms with Gasteiger partial charge < -0.3 is 29.2 Å². The molecule has 3 aliphatic carbocycles. The van der Waals surface area contributed by atoms with E-state index >= 15 is 0 Å². The van der Waals surface area contributed by atoms with Crippen molar-refractivity contribution in [2.75, 3.05) is 0 Å². The molecule has 6 heterocycles. The Hall–Kier alpha value is -1.49. The van der Waals surface area contributed by atoms with Gasteiger partial charge in [0.05, 0.1) is 54.9 Å². The number of carbonyl (C=O) groups is 3. The molecule has 4 bridgehead atoms. The number of allylic oxidation sites excluding steroid dienone is 2. The molecule has 0 aromatic heterocycles. The van der Waals surface area contributed by atoms with E-state index in [1.54, 1.807) is 0 Å². The summed E-state index contributed by atoms with van der Waals surface area (Å²) in [5.74, 6) is 4.33. The lowest BCUT2D eigenvalue weighted by Gasteiger charge is -2.36. The Bertz CT molecular complexity index is 1800. The first-order valence-corrected chi connectivity index (χ1v) is 39.5. The van der Waals surface area contributed by atoms with Crippen molar-refractivity contribution in [3.63, 3.8) is 0 Å². The lowest BCUT2D eigenvalue weighted by Crippen LogP contribution is -2.39. The van der Waals surface area contributed by atoms with Gasteiger partial charge in [-0.1, -0.05) is 253 Å². The van der Waals surface area contributed by atoms with Crippen LogP contribution in [0.3, 0.4) is 0 Å². The second kappa shape index (κ2) is 50.8. The van der Waals surface area contributed by atoms with Crippen LogP contribution in [0.1, 0.15) is 395 Å². The van der Waals surface area contributed by atoms with E-state index < -0.39 is 0 Å². The molecule has 0 spiro atoms. The van der Waals surface area contributed by atoms with Gasteiger partial charge in [-0.2, -0.15) is 0 Å². The zero-order valence-electron chi connectivity index (χ0n) is 59.0. The molecule has 0 aromatic rings. The molecule has 90 heavy (non-hydrogen) atoms. The zero-order chi connectivity index (χ0) is 63.5. The molecular weight excluding hydrogens is 1120 g/mol. The number of hydrogen-bond donors (Lipinski definition) is 2. The highest BCUT2D eigenvalue weighted by atomic mass is 16.6. The fourth-order valence-corrected chi connectivity index (χ4v) is 15.9. The number of rotatable bonds is 0. The molecule has 2 N–H and O–H groups in total. The van der Waals surface area contributed by atoms with Crippen LogP contribution in [-0.2, 0) is 33.3 Å². The molecule has 9 heteroatoms. The third kappa shape index (κ3) is 40.2. The standard InChI is InChI=1S/C16H30O2.C16H28O2.C16H30O2.C16H28O2.C16H28O.CH4/c2*1-13-11-14-9-7-5-3-2-4-6-8-10-15(17)16(12-13)18-14;2*1-13-11-14(17)9-7-5-3-2-4-6-8-10-15-16(12-13)18-15;1-15-12-10-8-6-4-2-3-5-7-9-11-13-16(17)14-15;/h13-17H,2-12H2,1H3;13-14,16H,2-12H2,1H3;13-17H,2-12H2,1H3;13,15-16H,2-12H2,1H3;8,10,15H,2-7,9,11-14H2,1H3;1H4. The van der Waals surface area contributed by atoms with E-state index in [1.807, 2.05) is 0 Å². The number of epoxide rings is 2. The normalized spacial score (nSPS) is 35.6. The molecule has 8 fully saturated rings. The van der Waals surface area contributed by atoms with Crippen molar-refractivity contribution in [2.24, 2.45) is 29.6 Å². The number of aliphatic hydroxyl groups excluding tert-OH is 2. The van der Waals surface area contributed by atoms with Crippen LogP contribution in [0.25, 0.3) is 0 Å². The Labute approximate surface area is 556 Å². The van der Waals surface area contributed by atoms with E-state index in [0.29, 0.717) is 83.6 Å². The number of Topliss-reactive ketones (excluding diaryl/α,β-unsaturated/α-hetero) is 3. The number of aliphatic hydroxyl groups is 2. The average molecular weight is 1270 g/mol. The topological polar surface area (TPSA) is 135 Å². The third-order valence-electron chi connectivity index (χ3n) is 21.5. The van der Waals surface area contributed by atoms with Crippen molar-refractivity contribution in [2.45, 2.75) is 456 Å². The Balaban J connectivity index is 0.000000240. The summed E-state index contributed by atoms with van der Waals surface area (Å²) in [4.78, 5) is 35.7. The lowest BCUT2D eigenvalue weighted by atomic mass is 9.88. The maximum Gasteiger partial charge on any atom is 0.161 e. The summed E-state index contributed by atoms with van der Waals surface area (Å²) < 4.78 is 23.6. The maximum absolute atomic E-state index is 12.1. The van der Waals surface area contributed by atoms with Gasteiger partial charge in [-0.05, 0) is 152 Å². The summed E-state index contributed by atoms with van der Waals surface area (Å²) in [6.45, 7) is 11.2. The smallest absolute Gasteiger partial charge is 0.161 e. The minimum Gasteiger partial charge on any atom is -0.393 e. The van der Waals surface area contributed by atoms with E-state index in [2.05, 4.69) is 46.8 Å². The minimum absolute atomic E-state index is 0. The van der Waals surface area contributed by atoms with Crippen LogP contribution in [0, 0.1) is 29.6 Å². The molecule has 9 rings (SSSR count). The number of ketones is 3. The maximum atomic E-state index is 12.1. The summed E-state index contributed by atoms with van der Waals surface area (Å²) >= 11 is 0. The van der Waals surface area contributed by atoms with E-state index in [9.17, 15) is 24.6 Å². The number of carbonyl (C=O) groups excluding carboxylic acids is 3. The molecule has 0 aromatic carbocycles. The quantitative estimate of drug-likeness (QED) is 0.180. The first-order chi connectivity index (χ1) is 43.3. The van der Waals surface area contributed by atoms with Crippen molar-refractivity contribution in [3.8, 4) is 0 Å². The second-order valence-electron chi connectivity index (χ2n) is 31.2. The highest BCUT2D eigenvalue weighted by Gasteiger charge is 2.40. The van der Waals surface area contributed by atoms with Gasteiger partial charge in [-0.3, -0.25) is 14.4 Å². The molecule has 9 nitrogen and oxygen atoms in total. The van der Waals surface area contributed by atoms with Gasteiger partial charge in [-0.15, -0.1) is 0 Å². The monoisotopic (exact) mass is 1270 g/mol. The Morgan fingerprint density at radius 1 is 0.322 bits per heavy atom. The first-order valence-electron chi connectivity index (χ1n) is 39.5. The predicted molar refractivity (Wildman–Crippen MR) is 377 cm³/mol. The molecule has 9 aliphatic rings. The van der Waals surface area contributed by atoms with Gasteiger partial charge in [-0.25, -0.2) is 0 Å². The van der Waals surface area contributed by atoms with E-state index in [4.69, 9.17) is 18.9 Å². The highest BCUT2D eigenvalue weighted by Crippen LogP contribution is 2.37. The SMILES string of the molecule is C.CC1CC(=O)CCCCCCCCCC2OC2C1.CC1CC(O)CCCCCCCCCC2OC2C1.CC1CC2CCCCCCCCCC(=O)C(C1)O2.CC1CC2CCCCCCCCCC(O)C(C1)O2.CC1CC=CCCCCCCCCCC(=O)C1. The average Bonchev–Trinajstić information content (AvgIpc) is 3.99. The lowest BCUT2D eigenvalue weighted by molar-refractivity contribution is -0.143. The summed E-state index contributed by atoms with van der Waals surface area (Å²) in [5.41, 5.74) is 0. The van der Waals surface area contributed by atoms with Crippen molar-refractivity contribution in [1.82, 2.24) is 0 Å². The van der Waals surface area contributed by atoms with Crippen LogP contribution in [0.5, 0.6) is 0 Å². The third-order valence-corrected chi connectivity index (χ3v) is 21.5. The zero-order valence-corrected chi connectivity index (χ0v) is 59.0. The highest BCUT2D eigenvalue weighted by molar-refractivity contribution is 5.83. The number of fused-ring (bicyclic) bond motifs is 6. The molecule has 2 saturated carbocycles. The molecule has 15 atom stereocenters. The Morgan fingerprint density at radius 3 is 1.22 bits per heavy atom. The van der Waals surface area contributed by atoms with Crippen molar-refractivity contribution in [1.29, 1.82) is 0 Å². The van der Waals surface area contributed by atoms with Crippen LogP contribution in [0.4, 0.5) is 0 Å². The van der Waals surface area contributed by atoms with Crippen LogP contribution < -0.4 is 0 Å². The molecule has 6 aliphatic heterocycles. The largest absolute Gasteiger partial charge is 0.393 e. The fourth-order valence-electron chi connectivity index (χ4n) is 15.9. The molecule has 15 unspecified atom stereocenters. The molecule has 6 saturated heterocycles. The van der Waals surface area contributed by atoms with Crippen molar-refractivity contribution < 1.29 is 43.5 Å². The summed E-state index contributed by atoms with van der Waals surface area (Å²) in [5, 5.41) is 20.3. The predicted octanol–water partition coefficient (Wildman–Crippen LogP) is 22.3. The van der Waals surface area contributed by atoms with Crippen molar-refractivity contribution in [3.05, 3.63) is 12.2 Å². The fraction of sp³-hybridized carbons (Fsp3) is 0.938. The number of ether oxygens (including phenoxy) is 4. The molecule has 0 amide bonds. The van der Waals surface area contributed by atoms with Gasteiger partial charge in [0.2, 0.25) is 0 Å². The minimum atomic E-state index is -0.226. The molecule has 0 radical (unpaired) electrons. The van der Waals surface area contributed by atoms with Gasteiger partial charge >= 0.3 is 0 Å². The summed E-state index contributed by atoms with van der Waals surface area (Å²) in [7, 11) is 0. The number of hydrogen-bond acceptors (Lipinski definition) is 9.